The number of nitrogens with zero attached hydrogens (tertiary/aromatic N) is 3. The van der Waals surface area contributed by atoms with Crippen LogP contribution in [0, 0.1) is 0 Å². The number of hydrogen-bond donors (Lipinski definition) is 2. The molecule has 0 saturated carbocycles. The van der Waals surface area contributed by atoms with Crippen LogP contribution in [-0.4, -0.2) is 40.6 Å². The number of anilines is 1. The fourth-order valence-electron chi connectivity index (χ4n) is 3.18. The van der Waals surface area contributed by atoms with E-state index in [9.17, 15) is 9.59 Å². The number of nitrogens with one attached hydrogen (secondary N) is 2. The maximum absolute atomic E-state index is 12.2. The molecule has 0 spiro atoms. The van der Waals surface area contributed by atoms with Crippen LogP contribution in [0.4, 0.5) is 5.69 Å². The molecule has 1 aromatic carbocycles. The Balaban J connectivity index is 1.26. The van der Waals surface area contributed by atoms with E-state index in [1.54, 1.807) is 0 Å². The first-order chi connectivity index (χ1) is 13.7. The number of fused-ring (bicyclic) bond motifs is 2. The SMILES string of the molecule is O=C(CSc1ncnc2sccc12)NNC(=O)CN1CCCc2ccccc21. The number of benzene rings is 1. The summed E-state index contributed by atoms with van der Waals surface area (Å²) < 4.78 is 0. The molecule has 0 saturated heterocycles. The van der Waals surface area contributed by atoms with Gasteiger partial charge in [0.1, 0.15) is 16.2 Å². The maximum Gasteiger partial charge on any atom is 0.257 e. The molecule has 0 radical (unpaired) electrons. The molecule has 0 bridgehead atoms. The van der Waals surface area contributed by atoms with E-state index in [1.165, 1.54) is 35.0 Å². The molecular weight excluding hydrogens is 394 g/mol. The van der Waals surface area contributed by atoms with E-state index >= 15 is 0 Å². The molecule has 0 fully saturated rings. The minimum Gasteiger partial charge on any atom is -0.362 e. The van der Waals surface area contributed by atoms with Crippen LogP contribution >= 0.6 is 23.1 Å². The number of aryl methyl sites for hydroxylation is 1. The lowest BCUT2D eigenvalue weighted by Crippen LogP contribution is -2.47. The Hall–Kier alpha value is -2.65. The highest BCUT2D eigenvalue weighted by molar-refractivity contribution is 8.00. The first kappa shape index (κ1) is 18.7. The van der Waals surface area contributed by atoms with Gasteiger partial charge in [-0.25, -0.2) is 9.97 Å². The topological polar surface area (TPSA) is 87.2 Å². The summed E-state index contributed by atoms with van der Waals surface area (Å²) in [7, 11) is 0. The van der Waals surface area contributed by atoms with Crippen LogP contribution in [0.15, 0.2) is 47.1 Å². The van der Waals surface area contributed by atoms with Gasteiger partial charge in [0.2, 0.25) is 5.91 Å². The van der Waals surface area contributed by atoms with Crippen LogP contribution < -0.4 is 15.8 Å². The van der Waals surface area contributed by atoms with E-state index in [2.05, 4.69) is 26.9 Å². The third-order valence-electron chi connectivity index (χ3n) is 4.45. The van der Waals surface area contributed by atoms with E-state index in [-0.39, 0.29) is 24.1 Å². The Morgan fingerprint density at radius 1 is 1.14 bits per heavy atom. The van der Waals surface area contributed by atoms with Crippen molar-refractivity contribution in [1.82, 2.24) is 20.8 Å². The molecule has 28 heavy (non-hydrogen) atoms. The second kappa shape index (κ2) is 8.57. The zero-order chi connectivity index (χ0) is 19.3. The first-order valence-corrected chi connectivity index (χ1v) is 10.8. The minimum atomic E-state index is -0.278. The van der Waals surface area contributed by atoms with Crippen molar-refractivity contribution in [2.24, 2.45) is 0 Å². The molecule has 0 atom stereocenters. The van der Waals surface area contributed by atoms with Crippen molar-refractivity contribution >= 4 is 50.8 Å². The zero-order valence-corrected chi connectivity index (χ0v) is 16.7. The number of carbonyl (C=O) groups excluding carboxylic acids is 2. The summed E-state index contributed by atoms with van der Waals surface area (Å²) in [6.07, 6.45) is 3.54. The maximum atomic E-state index is 12.2. The largest absolute Gasteiger partial charge is 0.362 e. The molecule has 2 amide bonds. The van der Waals surface area contributed by atoms with E-state index in [0.717, 1.165) is 40.3 Å². The van der Waals surface area contributed by atoms with Gasteiger partial charge in [-0.1, -0.05) is 30.0 Å². The van der Waals surface area contributed by atoms with Crippen LogP contribution in [0.2, 0.25) is 0 Å². The molecule has 3 heterocycles. The van der Waals surface area contributed by atoms with Crippen LogP contribution in [0.3, 0.4) is 0 Å². The zero-order valence-electron chi connectivity index (χ0n) is 15.1. The molecular formula is C19H19N5O2S2. The molecule has 0 unspecified atom stereocenters. The van der Waals surface area contributed by atoms with Crippen molar-refractivity contribution in [3.05, 3.63) is 47.6 Å². The van der Waals surface area contributed by atoms with Crippen molar-refractivity contribution in [3.63, 3.8) is 0 Å². The van der Waals surface area contributed by atoms with Gasteiger partial charge in [0.15, 0.2) is 0 Å². The summed E-state index contributed by atoms with van der Waals surface area (Å²) in [5.41, 5.74) is 7.33. The average molecular weight is 414 g/mol. The van der Waals surface area contributed by atoms with Gasteiger partial charge < -0.3 is 4.90 Å². The molecule has 2 aromatic heterocycles. The Kier molecular flexibility index (Phi) is 5.73. The molecule has 0 aliphatic carbocycles. The Bertz CT molecular complexity index is 1010. The third kappa shape index (κ3) is 4.26. The molecule has 1 aliphatic heterocycles. The Labute approximate surface area is 170 Å². The lowest BCUT2D eigenvalue weighted by molar-refractivity contribution is -0.126. The van der Waals surface area contributed by atoms with Crippen LogP contribution in [-0.2, 0) is 16.0 Å². The summed E-state index contributed by atoms with van der Waals surface area (Å²) in [4.78, 5) is 35.7. The standard InChI is InChI=1S/C19H19N5O2S2/c25-16(10-24-8-3-5-13-4-1-2-6-15(13)24)22-23-17(26)11-28-19-14-7-9-27-18(14)20-12-21-19/h1-2,4,6-7,9,12H,3,5,8,10-11H2,(H,22,25)(H,23,26). The third-order valence-corrected chi connectivity index (χ3v) is 6.27. The van der Waals surface area contributed by atoms with E-state index < -0.39 is 0 Å². The van der Waals surface area contributed by atoms with Gasteiger partial charge in [-0.3, -0.25) is 20.4 Å². The second-order valence-electron chi connectivity index (χ2n) is 6.36. The summed E-state index contributed by atoms with van der Waals surface area (Å²) in [5, 5.41) is 3.65. The van der Waals surface area contributed by atoms with E-state index in [4.69, 9.17) is 0 Å². The Morgan fingerprint density at radius 2 is 2.00 bits per heavy atom. The van der Waals surface area contributed by atoms with Crippen molar-refractivity contribution in [1.29, 1.82) is 0 Å². The summed E-state index contributed by atoms with van der Waals surface area (Å²) in [6.45, 7) is 1.05. The average Bonchev–Trinajstić information content (AvgIpc) is 3.20. The van der Waals surface area contributed by atoms with E-state index in [1.807, 2.05) is 34.5 Å². The highest BCUT2D eigenvalue weighted by Crippen LogP contribution is 2.27. The van der Waals surface area contributed by atoms with Crippen molar-refractivity contribution in [2.75, 3.05) is 23.7 Å². The number of rotatable bonds is 5. The number of hydrazine groups is 1. The number of aromatic nitrogens is 2. The fraction of sp³-hybridized carbons (Fsp3) is 0.263. The van der Waals surface area contributed by atoms with Crippen molar-refractivity contribution < 1.29 is 9.59 Å². The van der Waals surface area contributed by atoms with Gasteiger partial charge in [-0.15, -0.1) is 11.3 Å². The van der Waals surface area contributed by atoms with E-state index in [0.29, 0.717) is 0 Å². The highest BCUT2D eigenvalue weighted by atomic mass is 32.2. The smallest absolute Gasteiger partial charge is 0.257 e. The van der Waals surface area contributed by atoms with Crippen molar-refractivity contribution in [2.45, 2.75) is 17.9 Å². The molecule has 1 aliphatic rings. The molecule has 4 rings (SSSR count). The number of amides is 2. The minimum absolute atomic E-state index is 0.161. The van der Waals surface area contributed by atoms with Crippen LogP contribution in [0.25, 0.3) is 10.2 Å². The van der Waals surface area contributed by atoms with Crippen molar-refractivity contribution in [3.8, 4) is 0 Å². The quantitative estimate of drug-likeness (QED) is 0.379. The number of carbonyl (C=O) groups is 2. The second-order valence-corrected chi connectivity index (χ2v) is 8.22. The summed E-state index contributed by atoms with van der Waals surface area (Å²) in [5.74, 6) is -0.355. The van der Waals surface area contributed by atoms with Gasteiger partial charge in [0.25, 0.3) is 5.91 Å². The predicted molar refractivity (Wildman–Crippen MR) is 111 cm³/mol. The monoisotopic (exact) mass is 413 g/mol. The predicted octanol–water partition coefficient (Wildman–Crippen LogP) is 2.38. The van der Waals surface area contributed by atoms with Gasteiger partial charge in [0, 0.05) is 17.6 Å². The van der Waals surface area contributed by atoms with Crippen LogP contribution in [0.1, 0.15) is 12.0 Å². The normalized spacial score (nSPS) is 13.2. The van der Waals surface area contributed by atoms with Gasteiger partial charge in [-0.2, -0.15) is 0 Å². The number of thiophene rings is 1. The highest BCUT2D eigenvalue weighted by Gasteiger charge is 2.19. The fourth-order valence-corrected chi connectivity index (χ4v) is 4.76. The van der Waals surface area contributed by atoms with Gasteiger partial charge >= 0.3 is 0 Å². The number of para-hydroxylation sites is 1. The summed E-state index contributed by atoms with van der Waals surface area (Å²) in [6, 6.07) is 10.1. The summed E-state index contributed by atoms with van der Waals surface area (Å²) >= 11 is 2.86. The first-order valence-electron chi connectivity index (χ1n) is 8.92. The lowest BCUT2D eigenvalue weighted by Gasteiger charge is -2.30. The number of hydrogen-bond acceptors (Lipinski definition) is 7. The molecule has 9 heteroatoms. The van der Waals surface area contributed by atoms with Crippen LogP contribution in [0.5, 0.6) is 0 Å². The molecule has 3 aromatic rings. The lowest BCUT2D eigenvalue weighted by atomic mass is 10.0. The molecule has 2 N–H and O–H groups in total. The van der Waals surface area contributed by atoms with Gasteiger partial charge in [-0.05, 0) is 35.9 Å². The molecule has 7 nitrogen and oxygen atoms in total. The molecule has 144 valence electrons. The number of thioether (sulfide) groups is 1. The van der Waals surface area contributed by atoms with Gasteiger partial charge in [0.05, 0.1) is 12.3 Å². The Morgan fingerprint density at radius 3 is 2.93 bits per heavy atom.